The van der Waals surface area contributed by atoms with Crippen LogP contribution in [0.2, 0.25) is 0 Å². The van der Waals surface area contributed by atoms with Crippen LogP contribution < -0.4 is 0 Å². The number of hydrogen-bond donors (Lipinski definition) is 0. The maximum atomic E-state index is 11.3. The number of ketones is 1. The topological polar surface area (TPSA) is 69.4 Å². The first-order valence-electron chi connectivity index (χ1n) is 5.67. The minimum Gasteiger partial charge on any atom is -0.493 e. The number of nitro benzene ring substituents is 1. The Labute approximate surface area is 104 Å². The van der Waals surface area contributed by atoms with Gasteiger partial charge in [0.1, 0.15) is 12.4 Å². The number of Topliss-reactive ketones (excluding diaryl/α,β-unsaturated/α-hetero) is 1. The van der Waals surface area contributed by atoms with Gasteiger partial charge in [-0.3, -0.25) is 14.9 Å². The summed E-state index contributed by atoms with van der Waals surface area (Å²) >= 11 is 0. The standard InChI is InChI=1S/C13H13NO4/c1-9-12(15)6-7-13(9)18-8-10-4-2-3-5-11(10)14(16)17/h2-5H,6-8H2,1H3. The Bertz CT molecular complexity index is 534. The van der Waals surface area contributed by atoms with Gasteiger partial charge >= 0.3 is 0 Å². The zero-order chi connectivity index (χ0) is 13.1. The highest BCUT2D eigenvalue weighted by Crippen LogP contribution is 2.26. The van der Waals surface area contributed by atoms with Crippen LogP contribution in [0.15, 0.2) is 35.6 Å². The highest BCUT2D eigenvalue weighted by atomic mass is 16.6. The van der Waals surface area contributed by atoms with Gasteiger partial charge in [0.15, 0.2) is 5.78 Å². The van der Waals surface area contributed by atoms with Crippen molar-refractivity contribution in [1.82, 2.24) is 0 Å². The number of benzene rings is 1. The molecule has 0 aromatic heterocycles. The van der Waals surface area contributed by atoms with Crippen LogP contribution in [-0.2, 0) is 16.1 Å². The molecule has 0 amide bonds. The Hall–Kier alpha value is -2.17. The lowest BCUT2D eigenvalue weighted by Gasteiger charge is -2.08. The van der Waals surface area contributed by atoms with Gasteiger partial charge in [0.05, 0.1) is 10.5 Å². The van der Waals surface area contributed by atoms with Crippen LogP contribution in [0.4, 0.5) is 5.69 Å². The fourth-order valence-corrected chi connectivity index (χ4v) is 1.91. The number of carbonyl (C=O) groups excluding carboxylic acids is 1. The molecular formula is C13H13NO4. The van der Waals surface area contributed by atoms with Crippen LogP contribution in [-0.4, -0.2) is 10.7 Å². The Kier molecular flexibility index (Phi) is 3.41. The van der Waals surface area contributed by atoms with Crippen LogP contribution in [0, 0.1) is 10.1 Å². The van der Waals surface area contributed by atoms with Crippen LogP contribution in [0.25, 0.3) is 0 Å². The van der Waals surface area contributed by atoms with E-state index in [1.807, 2.05) is 0 Å². The van der Waals surface area contributed by atoms with E-state index < -0.39 is 4.92 Å². The molecular weight excluding hydrogens is 234 g/mol. The summed E-state index contributed by atoms with van der Waals surface area (Å²) in [4.78, 5) is 21.7. The highest BCUT2D eigenvalue weighted by Gasteiger charge is 2.21. The van der Waals surface area contributed by atoms with Gasteiger partial charge in [-0.2, -0.15) is 0 Å². The van der Waals surface area contributed by atoms with Crippen molar-refractivity contribution in [3.8, 4) is 0 Å². The number of rotatable bonds is 4. The van der Waals surface area contributed by atoms with Gasteiger partial charge in [-0.05, 0) is 13.0 Å². The summed E-state index contributed by atoms with van der Waals surface area (Å²) in [5.74, 6) is 0.741. The molecule has 18 heavy (non-hydrogen) atoms. The Morgan fingerprint density at radius 2 is 2.06 bits per heavy atom. The Morgan fingerprint density at radius 1 is 1.33 bits per heavy atom. The average molecular weight is 247 g/mol. The van der Waals surface area contributed by atoms with Crippen molar-refractivity contribution in [2.75, 3.05) is 0 Å². The van der Waals surface area contributed by atoms with Gasteiger partial charge in [-0.25, -0.2) is 0 Å². The van der Waals surface area contributed by atoms with E-state index in [1.54, 1.807) is 25.1 Å². The number of nitro groups is 1. The minimum atomic E-state index is -0.431. The van der Waals surface area contributed by atoms with Crippen LogP contribution >= 0.6 is 0 Å². The van der Waals surface area contributed by atoms with Crippen molar-refractivity contribution in [3.63, 3.8) is 0 Å². The molecule has 0 aliphatic heterocycles. The summed E-state index contributed by atoms with van der Waals surface area (Å²) < 4.78 is 5.52. The fraction of sp³-hybridized carbons (Fsp3) is 0.308. The number of ether oxygens (including phenoxy) is 1. The summed E-state index contributed by atoms with van der Waals surface area (Å²) in [5.41, 5.74) is 1.19. The molecule has 5 heteroatoms. The van der Waals surface area contributed by atoms with Crippen LogP contribution in [0.1, 0.15) is 25.3 Å². The second kappa shape index (κ2) is 5.00. The zero-order valence-electron chi connectivity index (χ0n) is 10.0. The van der Waals surface area contributed by atoms with Gasteiger partial charge in [-0.15, -0.1) is 0 Å². The van der Waals surface area contributed by atoms with Crippen molar-refractivity contribution in [2.45, 2.75) is 26.4 Å². The SMILES string of the molecule is CC1=C(OCc2ccccc2[N+](=O)[O-])CCC1=O. The van der Waals surface area contributed by atoms with Crippen molar-refractivity contribution in [2.24, 2.45) is 0 Å². The van der Waals surface area contributed by atoms with E-state index >= 15 is 0 Å². The van der Waals surface area contributed by atoms with E-state index in [1.165, 1.54) is 6.07 Å². The van der Waals surface area contributed by atoms with E-state index in [-0.39, 0.29) is 18.1 Å². The molecule has 0 atom stereocenters. The highest BCUT2D eigenvalue weighted by molar-refractivity contribution is 5.97. The quantitative estimate of drug-likeness (QED) is 0.606. The van der Waals surface area contributed by atoms with Crippen LogP contribution in [0.5, 0.6) is 0 Å². The maximum Gasteiger partial charge on any atom is 0.276 e. The second-order valence-corrected chi connectivity index (χ2v) is 4.15. The predicted molar refractivity (Wildman–Crippen MR) is 64.8 cm³/mol. The van der Waals surface area contributed by atoms with E-state index in [4.69, 9.17) is 4.74 Å². The summed E-state index contributed by atoms with van der Waals surface area (Å²) in [6.45, 7) is 1.85. The lowest BCUT2D eigenvalue weighted by atomic mass is 10.2. The molecule has 0 saturated heterocycles. The molecule has 5 nitrogen and oxygen atoms in total. The first-order chi connectivity index (χ1) is 8.59. The molecule has 0 bridgehead atoms. The average Bonchev–Trinajstić information content (AvgIpc) is 2.68. The molecule has 94 valence electrons. The molecule has 1 aliphatic carbocycles. The largest absolute Gasteiger partial charge is 0.493 e. The number of nitrogens with zero attached hydrogens (tertiary/aromatic N) is 1. The molecule has 0 heterocycles. The number of allylic oxidation sites excluding steroid dienone is 2. The van der Waals surface area contributed by atoms with Crippen molar-refractivity contribution in [3.05, 3.63) is 51.3 Å². The third-order valence-corrected chi connectivity index (χ3v) is 3.01. The molecule has 1 aromatic carbocycles. The van der Waals surface area contributed by atoms with Gasteiger partial charge in [-0.1, -0.05) is 12.1 Å². The molecule has 0 spiro atoms. The monoisotopic (exact) mass is 247 g/mol. The molecule has 0 N–H and O–H groups in total. The fourth-order valence-electron chi connectivity index (χ4n) is 1.91. The maximum absolute atomic E-state index is 11.3. The van der Waals surface area contributed by atoms with E-state index in [9.17, 15) is 14.9 Å². The summed E-state index contributed by atoms with van der Waals surface area (Å²) in [7, 11) is 0. The third-order valence-electron chi connectivity index (χ3n) is 3.01. The Morgan fingerprint density at radius 3 is 2.67 bits per heavy atom. The minimum absolute atomic E-state index is 0.0417. The summed E-state index contributed by atoms with van der Waals surface area (Å²) in [5, 5.41) is 10.8. The molecule has 0 unspecified atom stereocenters. The normalized spacial score (nSPS) is 15.1. The summed E-state index contributed by atoms with van der Waals surface area (Å²) in [6.07, 6.45) is 1.06. The van der Waals surface area contributed by atoms with Crippen molar-refractivity contribution in [1.29, 1.82) is 0 Å². The lowest BCUT2D eigenvalue weighted by molar-refractivity contribution is -0.385. The zero-order valence-corrected chi connectivity index (χ0v) is 10.0. The number of hydrogen-bond acceptors (Lipinski definition) is 4. The van der Waals surface area contributed by atoms with Crippen molar-refractivity contribution < 1.29 is 14.5 Å². The van der Waals surface area contributed by atoms with E-state index in [0.29, 0.717) is 29.7 Å². The number of para-hydroxylation sites is 1. The molecule has 1 aromatic rings. The van der Waals surface area contributed by atoms with Gasteiger partial charge < -0.3 is 4.74 Å². The molecule has 0 fully saturated rings. The predicted octanol–water partition coefficient (Wildman–Crippen LogP) is 2.75. The third kappa shape index (κ3) is 2.40. The van der Waals surface area contributed by atoms with Crippen molar-refractivity contribution >= 4 is 11.5 Å². The number of carbonyl (C=O) groups is 1. The first-order valence-corrected chi connectivity index (χ1v) is 5.67. The first kappa shape index (κ1) is 12.3. The Balaban J connectivity index is 2.12. The van der Waals surface area contributed by atoms with Gasteiger partial charge in [0.2, 0.25) is 0 Å². The van der Waals surface area contributed by atoms with Gasteiger partial charge in [0, 0.05) is 24.5 Å². The molecule has 2 rings (SSSR count). The van der Waals surface area contributed by atoms with E-state index in [2.05, 4.69) is 0 Å². The van der Waals surface area contributed by atoms with Gasteiger partial charge in [0.25, 0.3) is 5.69 Å². The molecule has 1 aliphatic rings. The van der Waals surface area contributed by atoms with E-state index in [0.717, 1.165) is 0 Å². The lowest BCUT2D eigenvalue weighted by Crippen LogP contribution is -1.99. The molecule has 0 radical (unpaired) electrons. The molecule has 0 saturated carbocycles. The van der Waals surface area contributed by atoms with Crippen LogP contribution in [0.3, 0.4) is 0 Å². The summed E-state index contributed by atoms with van der Waals surface area (Å²) in [6, 6.07) is 6.45. The second-order valence-electron chi connectivity index (χ2n) is 4.15. The smallest absolute Gasteiger partial charge is 0.276 e.